The predicted molar refractivity (Wildman–Crippen MR) is 141 cm³/mol. The lowest BCUT2D eigenvalue weighted by Crippen LogP contribution is -2.32. The highest BCUT2D eigenvalue weighted by molar-refractivity contribution is 7.95. The Morgan fingerprint density at radius 1 is 0.625 bits per heavy atom. The maximum Gasteiger partial charge on any atom is 0.116 e. The van der Waals surface area contributed by atoms with Gasteiger partial charge in [0.15, 0.2) is 0 Å². The summed E-state index contributed by atoms with van der Waals surface area (Å²) in [5.74, 6) is 0. The fourth-order valence-corrected chi connectivity index (χ4v) is 9.06. The Hall–Kier alpha value is -2.70. The molecule has 5 rings (SSSR count). The zero-order chi connectivity index (χ0) is 22.0. The first-order chi connectivity index (χ1) is 15.7. The quantitative estimate of drug-likeness (QED) is 0.250. The van der Waals surface area contributed by atoms with Gasteiger partial charge in [-0.3, -0.25) is 4.98 Å². The topological polar surface area (TPSA) is 12.9 Å². The first-order valence-electron chi connectivity index (χ1n) is 10.5. The number of hydrogen-bond donors (Lipinski definition) is 0. The smallest absolute Gasteiger partial charge is 0.116 e. The van der Waals surface area contributed by atoms with Crippen LogP contribution in [0.1, 0.15) is 5.56 Å². The summed E-state index contributed by atoms with van der Waals surface area (Å²) in [5, 5.41) is 6.36. The van der Waals surface area contributed by atoms with Gasteiger partial charge >= 0.3 is 0 Å². The molecule has 5 aromatic rings. The predicted octanol–water partition coefficient (Wildman–Crippen LogP) is 7.04. The van der Waals surface area contributed by atoms with Gasteiger partial charge in [-0.25, -0.2) is 0 Å². The van der Waals surface area contributed by atoms with Crippen LogP contribution in [-0.2, 0) is 6.16 Å². The van der Waals surface area contributed by atoms with E-state index in [9.17, 15) is 0 Å². The molecule has 0 amide bonds. The molecule has 1 aromatic heterocycles. The van der Waals surface area contributed by atoms with Crippen molar-refractivity contribution in [2.75, 3.05) is 0 Å². The van der Waals surface area contributed by atoms with Crippen LogP contribution < -0.4 is 15.9 Å². The van der Waals surface area contributed by atoms with Gasteiger partial charge in [0.25, 0.3) is 0 Å². The maximum absolute atomic E-state index is 6.86. The second-order valence-electron chi connectivity index (χ2n) is 7.76. The number of aromatic nitrogens is 1. The fourth-order valence-electron chi connectivity index (χ4n) is 4.32. The van der Waals surface area contributed by atoms with E-state index in [4.69, 9.17) is 23.2 Å². The zero-order valence-corrected chi connectivity index (χ0v) is 19.7. The van der Waals surface area contributed by atoms with Crippen LogP contribution in [0, 0.1) is 0 Å². The van der Waals surface area contributed by atoms with Gasteiger partial charge in [-0.1, -0.05) is 77.8 Å². The molecule has 1 heterocycles. The molecule has 0 spiro atoms. The van der Waals surface area contributed by atoms with Gasteiger partial charge in [-0.2, -0.15) is 0 Å². The van der Waals surface area contributed by atoms with E-state index in [1.807, 2.05) is 12.1 Å². The van der Waals surface area contributed by atoms with Gasteiger partial charge < -0.3 is 0 Å². The van der Waals surface area contributed by atoms with Gasteiger partial charge in [0.1, 0.15) is 23.2 Å². The normalized spacial score (nSPS) is 11.6. The van der Waals surface area contributed by atoms with Gasteiger partial charge in [0.2, 0.25) is 0 Å². The van der Waals surface area contributed by atoms with E-state index in [0.717, 1.165) is 27.7 Å². The average Bonchev–Trinajstić information content (AvgIpc) is 2.85. The molecule has 32 heavy (non-hydrogen) atoms. The van der Waals surface area contributed by atoms with Crippen molar-refractivity contribution in [1.29, 1.82) is 0 Å². The second-order valence-corrected chi connectivity index (χ2v) is 12.1. The van der Waals surface area contributed by atoms with Crippen molar-refractivity contribution in [3.05, 3.63) is 131 Å². The number of nitrogens with zero attached hydrogens (tertiary/aromatic N) is 1. The first kappa shape index (κ1) is 21.2. The van der Waals surface area contributed by atoms with Crippen LogP contribution in [0.2, 0.25) is 10.0 Å². The molecular weight excluding hydrogens is 452 g/mol. The molecule has 0 aliphatic rings. The number of fused-ring (bicyclic) bond motifs is 1. The highest BCUT2D eigenvalue weighted by Crippen LogP contribution is 2.58. The van der Waals surface area contributed by atoms with Crippen LogP contribution >= 0.6 is 30.5 Å². The molecule has 0 unspecified atom stereocenters. The second kappa shape index (κ2) is 9.04. The molecule has 0 saturated carbocycles. The Labute approximate surface area is 199 Å². The molecule has 0 aliphatic carbocycles. The Balaban J connectivity index is 1.79. The van der Waals surface area contributed by atoms with Crippen LogP contribution in [0.5, 0.6) is 0 Å². The van der Waals surface area contributed by atoms with Crippen molar-refractivity contribution < 1.29 is 0 Å². The third kappa shape index (κ3) is 3.93. The summed E-state index contributed by atoms with van der Waals surface area (Å²) in [4.78, 5) is 4.45. The van der Waals surface area contributed by atoms with Gasteiger partial charge in [-0.05, 0) is 54.6 Å². The van der Waals surface area contributed by atoms with E-state index in [-0.39, 0.29) is 0 Å². The lowest BCUT2D eigenvalue weighted by atomic mass is 10.1. The molecule has 0 atom stereocenters. The largest absolute Gasteiger partial charge is 0.255 e. The molecule has 0 fully saturated rings. The van der Waals surface area contributed by atoms with Gasteiger partial charge in [0.05, 0.1) is 16.7 Å². The number of pyridine rings is 1. The minimum absolute atomic E-state index is 0.626. The van der Waals surface area contributed by atoms with E-state index in [1.165, 1.54) is 15.9 Å². The van der Waals surface area contributed by atoms with Crippen molar-refractivity contribution in [3.63, 3.8) is 0 Å². The minimum Gasteiger partial charge on any atom is -0.255 e. The molecule has 0 saturated heterocycles. The van der Waals surface area contributed by atoms with Crippen LogP contribution in [-0.4, -0.2) is 4.98 Å². The monoisotopic (exact) mass is 472 g/mol. The van der Waals surface area contributed by atoms with Crippen molar-refractivity contribution in [2.24, 2.45) is 0 Å². The highest BCUT2D eigenvalue weighted by atomic mass is 35.5. The van der Waals surface area contributed by atoms with Crippen LogP contribution in [0.3, 0.4) is 0 Å². The summed E-state index contributed by atoms with van der Waals surface area (Å²) in [6.07, 6.45) is 2.47. The van der Waals surface area contributed by atoms with E-state index < -0.39 is 7.26 Å². The molecule has 4 aromatic carbocycles. The summed E-state index contributed by atoms with van der Waals surface area (Å²) in [5.41, 5.74) is 1.96. The standard InChI is InChI=1S/C28H21Cl2NP/c29-23-17-21-16-22(27(30)18-28(21)31-19-23)20-32(24-10-4-1-5-11-24,25-12-6-2-7-13-25)26-14-8-3-9-15-26/h1-19H,20H2/q+1. The van der Waals surface area contributed by atoms with Gasteiger partial charge in [0, 0.05) is 22.2 Å². The number of hydrogen-bond acceptors (Lipinski definition) is 1. The van der Waals surface area contributed by atoms with Crippen LogP contribution in [0.25, 0.3) is 10.9 Å². The molecule has 4 heteroatoms. The molecule has 0 bridgehead atoms. The average molecular weight is 473 g/mol. The maximum atomic E-state index is 6.86. The molecular formula is C28H21Cl2NP+. The third-order valence-electron chi connectivity index (χ3n) is 5.81. The molecule has 0 aliphatic heterocycles. The fraction of sp³-hybridized carbons (Fsp3) is 0.0357. The molecule has 1 nitrogen and oxygen atoms in total. The first-order valence-corrected chi connectivity index (χ1v) is 13.2. The number of benzene rings is 4. The Kier molecular flexibility index (Phi) is 5.98. The summed E-state index contributed by atoms with van der Waals surface area (Å²) in [6.45, 7) is 0. The minimum atomic E-state index is -2.03. The van der Waals surface area contributed by atoms with Crippen molar-refractivity contribution in [1.82, 2.24) is 4.98 Å². The Morgan fingerprint density at radius 2 is 1.12 bits per heavy atom. The lowest BCUT2D eigenvalue weighted by molar-refractivity contribution is 1.37. The lowest BCUT2D eigenvalue weighted by Gasteiger charge is -2.28. The highest BCUT2D eigenvalue weighted by Gasteiger charge is 2.45. The summed E-state index contributed by atoms with van der Waals surface area (Å²) < 4.78 is 0. The summed E-state index contributed by atoms with van der Waals surface area (Å²) >= 11 is 13.1. The van der Waals surface area contributed by atoms with Gasteiger partial charge in [-0.15, -0.1) is 0 Å². The van der Waals surface area contributed by atoms with E-state index in [1.54, 1.807) is 6.20 Å². The van der Waals surface area contributed by atoms with Crippen molar-refractivity contribution in [3.8, 4) is 0 Å². The molecule has 0 N–H and O–H groups in total. The van der Waals surface area contributed by atoms with Crippen LogP contribution in [0.15, 0.2) is 115 Å². The molecule has 0 radical (unpaired) electrons. The van der Waals surface area contributed by atoms with E-state index >= 15 is 0 Å². The Bertz CT molecular complexity index is 1260. The van der Waals surface area contributed by atoms with Crippen molar-refractivity contribution in [2.45, 2.75) is 6.16 Å². The van der Waals surface area contributed by atoms with Crippen LogP contribution in [0.4, 0.5) is 0 Å². The van der Waals surface area contributed by atoms with E-state index in [2.05, 4.69) is 102 Å². The number of halogens is 2. The summed E-state index contributed by atoms with van der Waals surface area (Å²) in [6, 6.07) is 38.6. The molecule has 156 valence electrons. The third-order valence-corrected chi connectivity index (χ3v) is 10.7. The SMILES string of the molecule is Clc1cnc2cc(Cl)c(C[P+](c3ccccc3)(c3ccccc3)c3ccccc3)cc2c1. The van der Waals surface area contributed by atoms with E-state index in [0.29, 0.717) is 5.02 Å². The Morgan fingerprint density at radius 3 is 1.62 bits per heavy atom. The zero-order valence-electron chi connectivity index (χ0n) is 17.3. The number of rotatable bonds is 5. The van der Waals surface area contributed by atoms with Crippen molar-refractivity contribution >= 4 is 57.3 Å². The summed E-state index contributed by atoms with van der Waals surface area (Å²) in [7, 11) is -2.03.